The lowest BCUT2D eigenvalue weighted by molar-refractivity contribution is -0.134. The minimum atomic E-state index is -0.245. The average Bonchev–Trinajstić information content (AvgIpc) is 2.96. The van der Waals surface area contributed by atoms with Crippen molar-refractivity contribution in [3.8, 4) is 0 Å². The van der Waals surface area contributed by atoms with Gasteiger partial charge in [-0.2, -0.15) is 0 Å². The van der Waals surface area contributed by atoms with Gasteiger partial charge in [0.05, 0.1) is 6.04 Å². The molecule has 1 fully saturated rings. The molecule has 0 saturated carbocycles. The SMILES string of the molecule is O=C(C[C@H]1CCCCNC1)N1CCc2ccccc2[C@@H]1c1ccc(F)cc1. The molecule has 2 aliphatic heterocycles. The van der Waals surface area contributed by atoms with Gasteiger partial charge in [-0.3, -0.25) is 4.79 Å². The molecule has 0 unspecified atom stereocenters. The molecule has 0 aliphatic carbocycles. The zero-order valence-electron chi connectivity index (χ0n) is 15.7. The van der Waals surface area contributed by atoms with E-state index < -0.39 is 0 Å². The van der Waals surface area contributed by atoms with Crippen molar-refractivity contribution in [2.24, 2.45) is 5.92 Å². The van der Waals surface area contributed by atoms with Gasteiger partial charge in [-0.25, -0.2) is 4.39 Å². The van der Waals surface area contributed by atoms with Crippen LogP contribution in [-0.2, 0) is 11.2 Å². The number of carbonyl (C=O) groups is 1. The molecule has 1 amide bonds. The maximum absolute atomic E-state index is 13.5. The Hall–Kier alpha value is -2.20. The average molecular weight is 366 g/mol. The second-order valence-electron chi connectivity index (χ2n) is 7.76. The second kappa shape index (κ2) is 8.22. The standard InChI is InChI=1S/C23H27FN2O/c24-20-10-8-19(9-11-20)23-21-7-2-1-6-18(21)12-14-26(23)22(27)15-17-5-3-4-13-25-16-17/h1-2,6-11,17,23,25H,3-5,12-16H2/t17-,23+/m1/s1. The Labute approximate surface area is 160 Å². The summed E-state index contributed by atoms with van der Waals surface area (Å²) in [6.45, 7) is 2.70. The molecule has 0 bridgehead atoms. The number of nitrogens with zero attached hydrogens (tertiary/aromatic N) is 1. The van der Waals surface area contributed by atoms with Crippen molar-refractivity contribution in [1.29, 1.82) is 0 Å². The van der Waals surface area contributed by atoms with Gasteiger partial charge in [0.25, 0.3) is 0 Å². The number of hydrogen-bond donors (Lipinski definition) is 1. The van der Waals surface area contributed by atoms with Gasteiger partial charge >= 0.3 is 0 Å². The Bertz CT molecular complexity index is 781. The summed E-state index contributed by atoms with van der Waals surface area (Å²) >= 11 is 0. The highest BCUT2D eigenvalue weighted by Gasteiger charge is 2.32. The molecule has 2 heterocycles. The summed E-state index contributed by atoms with van der Waals surface area (Å²) in [6.07, 6.45) is 4.97. The van der Waals surface area contributed by atoms with Crippen molar-refractivity contribution in [2.45, 2.75) is 38.1 Å². The summed E-state index contributed by atoms with van der Waals surface area (Å²) in [4.78, 5) is 15.3. The van der Waals surface area contributed by atoms with E-state index >= 15 is 0 Å². The fourth-order valence-corrected chi connectivity index (χ4v) is 4.47. The number of halogens is 1. The van der Waals surface area contributed by atoms with Crippen LogP contribution in [0.25, 0.3) is 0 Å². The zero-order chi connectivity index (χ0) is 18.6. The van der Waals surface area contributed by atoms with Crippen LogP contribution < -0.4 is 5.32 Å². The predicted molar refractivity (Wildman–Crippen MR) is 105 cm³/mol. The number of nitrogens with one attached hydrogen (secondary N) is 1. The molecule has 1 N–H and O–H groups in total. The zero-order valence-corrected chi connectivity index (χ0v) is 15.7. The number of hydrogen-bond acceptors (Lipinski definition) is 2. The maximum Gasteiger partial charge on any atom is 0.223 e. The van der Waals surface area contributed by atoms with Crippen LogP contribution in [-0.4, -0.2) is 30.4 Å². The smallest absolute Gasteiger partial charge is 0.223 e. The molecule has 27 heavy (non-hydrogen) atoms. The first kappa shape index (κ1) is 18.2. The van der Waals surface area contributed by atoms with Crippen molar-refractivity contribution in [3.63, 3.8) is 0 Å². The van der Waals surface area contributed by atoms with E-state index in [0.29, 0.717) is 12.3 Å². The number of benzene rings is 2. The van der Waals surface area contributed by atoms with Crippen LogP contribution in [0.3, 0.4) is 0 Å². The number of carbonyl (C=O) groups excluding carboxylic acids is 1. The Morgan fingerprint density at radius 2 is 1.93 bits per heavy atom. The third-order valence-corrected chi connectivity index (χ3v) is 5.90. The molecule has 2 aromatic rings. The summed E-state index contributed by atoms with van der Waals surface area (Å²) in [5.41, 5.74) is 3.44. The fraction of sp³-hybridized carbons (Fsp3) is 0.435. The van der Waals surface area contributed by atoms with Crippen LogP contribution in [0.1, 0.15) is 48.4 Å². The first-order valence-corrected chi connectivity index (χ1v) is 10.1. The number of rotatable bonds is 3. The summed E-state index contributed by atoms with van der Waals surface area (Å²) in [5.74, 6) is 0.379. The molecule has 1 saturated heterocycles. The maximum atomic E-state index is 13.5. The van der Waals surface area contributed by atoms with Gasteiger partial charge in [0.15, 0.2) is 0 Å². The van der Waals surface area contributed by atoms with E-state index in [1.54, 1.807) is 0 Å². The van der Waals surface area contributed by atoms with Crippen LogP contribution >= 0.6 is 0 Å². The third kappa shape index (κ3) is 4.06. The van der Waals surface area contributed by atoms with E-state index in [2.05, 4.69) is 23.5 Å². The molecular weight excluding hydrogens is 339 g/mol. The molecule has 0 spiro atoms. The van der Waals surface area contributed by atoms with E-state index in [-0.39, 0.29) is 17.8 Å². The van der Waals surface area contributed by atoms with E-state index in [1.165, 1.54) is 36.1 Å². The second-order valence-corrected chi connectivity index (χ2v) is 7.76. The van der Waals surface area contributed by atoms with E-state index in [0.717, 1.165) is 38.0 Å². The molecular formula is C23H27FN2O. The van der Waals surface area contributed by atoms with Gasteiger partial charge in [-0.05, 0) is 67.1 Å². The van der Waals surface area contributed by atoms with Gasteiger partial charge in [0.1, 0.15) is 5.82 Å². The van der Waals surface area contributed by atoms with Crippen LogP contribution in [0.5, 0.6) is 0 Å². The molecule has 0 radical (unpaired) electrons. The predicted octanol–water partition coefficient (Wildman–Crippen LogP) is 4.08. The molecule has 142 valence electrons. The molecule has 4 rings (SSSR count). The van der Waals surface area contributed by atoms with Gasteiger partial charge in [-0.15, -0.1) is 0 Å². The Morgan fingerprint density at radius 1 is 1.11 bits per heavy atom. The summed E-state index contributed by atoms with van der Waals surface area (Å²) in [5, 5.41) is 3.46. The van der Waals surface area contributed by atoms with Crippen molar-refractivity contribution in [3.05, 3.63) is 71.0 Å². The lowest BCUT2D eigenvalue weighted by atomic mass is 9.87. The largest absolute Gasteiger partial charge is 0.331 e. The van der Waals surface area contributed by atoms with Crippen LogP contribution in [0.2, 0.25) is 0 Å². The van der Waals surface area contributed by atoms with Gasteiger partial charge in [-0.1, -0.05) is 42.8 Å². The Balaban J connectivity index is 1.62. The summed E-state index contributed by atoms with van der Waals surface area (Å²) in [6, 6.07) is 14.8. The molecule has 0 aromatic heterocycles. The minimum Gasteiger partial charge on any atom is -0.331 e. The van der Waals surface area contributed by atoms with E-state index in [1.807, 2.05) is 23.1 Å². The van der Waals surface area contributed by atoms with Gasteiger partial charge < -0.3 is 10.2 Å². The van der Waals surface area contributed by atoms with E-state index in [9.17, 15) is 9.18 Å². The lowest BCUT2D eigenvalue weighted by Crippen LogP contribution is -2.41. The van der Waals surface area contributed by atoms with Crippen LogP contribution in [0.4, 0.5) is 4.39 Å². The van der Waals surface area contributed by atoms with Crippen LogP contribution in [0, 0.1) is 11.7 Å². The van der Waals surface area contributed by atoms with Crippen LogP contribution in [0.15, 0.2) is 48.5 Å². The fourth-order valence-electron chi connectivity index (χ4n) is 4.47. The normalized spacial score (nSPS) is 22.8. The monoisotopic (exact) mass is 366 g/mol. The molecule has 3 nitrogen and oxygen atoms in total. The van der Waals surface area contributed by atoms with Crippen molar-refractivity contribution >= 4 is 5.91 Å². The number of fused-ring (bicyclic) bond motifs is 1. The highest BCUT2D eigenvalue weighted by Crippen LogP contribution is 2.36. The van der Waals surface area contributed by atoms with Crippen molar-refractivity contribution in [2.75, 3.05) is 19.6 Å². The Kier molecular flexibility index (Phi) is 5.53. The molecule has 2 aromatic carbocycles. The Morgan fingerprint density at radius 3 is 2.78 bits per heavy atom. The number of amides is 1. The van der Waals surface area contributed by atoms with E-state index in [4.69, 9.17) is 0 Å². The minimum absolute atomic E-state index is 0.123. The summed E-state index contributed by atoms with van der Waals surface area (Å²) < 4.78 is 13.5. The highest BCUT2D eigenvalue weighted by molar-refractivity contribution is 5.78. The molecule has 2 atom stereocenters. The highest BCUT2D eigenvalue weighted by atomic mass is 19.1. The quantitative estimate of drug-likeness (QED) is 0.888. The molecule has 4 heteroatoms. The third-order valence-electron chi connectivity index (χ3n) is 5.90. The topological polar surface area (TPSA) is 32.3 Å². The van der Waals surface area contributed by atoms with Gasteiger partial charge in [0, 0.05) is 13.0 Å². The lowest BCUT2D eigenvalue weighted by Gasteiger charge is -2.38. The first-order valence-electron chi connectivity index (χ1n) is 10.1. The van der Waals surface area contributed by atoms with Crippen molar-refractivity contribution < 1.29 is 9.18 Å². The van der Waals surface area contributed by atoms with Gasteiger partial charge in [0.2, 0.25) is 5.91 Å². The first-order chi connectivity index (χ1) is 13.2. The summed E-state index contributed by atoms with van der Waals surface area (Å²) in [7, 11) is 0. The van der Waals surface area contributed by atoms with Crippen molar-refractivity contribution in [1.82, 2.24) is 10.2 Å². The molecule has 2 aliphatic rings.